The van der Waals surface area contributed by atoms with Gasteiger partial charge >= 0.3 is 59.1 Å². The Hall–Kier alpha value is 2.15. The Bertz CT molecular complexity index is 189. The molecule has 0 aromatic carbocycles. The van der Waals surface area contributed by atoms with E-state index in [1.807, 2.05) is 0 Å². The molecule has 1 aliphatic rings. The average Bonchev–Trinajstić information content (AvgIpc) is 2.28. The normalized spacial score (nSPS) is 35.6. The van der Waals surface area contributed by atoms with Gasteiger partial charge in [0.2, 0.25) is 0 Å². The van der Waals surface area contributed by atoms with Crippen LogP contribution in [0.3, 0.4) is 0 Å². The maximum absolute atomic E-state index is 10.4. The summed E-state index contributed by atoms with van der Waals surface area (Å²) in [6.45, 7) is -0.658. The van der Waals surface area contributed by atoms with Crippen molar-refractivity contribution in [2.24, 2.45) is 0 Å². The molecule has 0 saturated carbocycles. The summed E-state index contributed by atoms with van der Waals surface area (Å²) in [6.07, 6.45) is -4.57. The van der Waals surface area contributed by atoms with Crippen molar-refractivity contribution in [3.8, 4) is 0 Å². The fraction of sp³-hybridized carbons (Fsp3) is 1.00. The van der Waals surface area contributed by atoms with E-state index in [0.717, 1.165) is 0 Å². The van der Waals surface area contributed by atoms with Gasteiger partial charge in [0.25, 0.3) is 0 Å². The van der Waals surface area contributed by atoms with Crippen molar-refractivity contribution >= 4 is 7.94 Å². The van der Waals surface area contributed by atoms with Crippen LogP contribution in [0.5, 0.6) is 0 Å². The molecule has 1 rings (SSSR count). The summed E-state index contributed by atoms with van der Waals surface area (Å²) >= 11 is 0. The van der Waals surface area contributed by atoms with Gasteiger partial charge in [-0.15, -0.1) is 7.94 Å². The predicted octanol–water partition coefficient (Wildman–Crippen LogP) is -10.7. The summed E-state index contributed by atoms with van der Waals surface area (Å²) in [5, 5.41) is 26.6. The van der Waals surface area contributed by atoms with Crippen LogP contribution in [0, 0.1) is 0 Å². The largest absolute Gasteiger partial charge is 1.00 e. The molecule has 0 radical (unpaired) electrons. The van der Waals surface area contributed by atoms with Crippen LogP contribution in [-0.4, -0.2) is 46.1 Å². The molecule has 7 nitrogen and oxygen atoms in total. The molecule has 1 heterocycles. The number of ether oxygens (including phenoxy) is 1. The molecule has 1 saturated heterocycles. The van der Waals surface area contributed by atoms with Crippen LogP contribution in [0.2, 0.25) is 0 Å². The van der Waals surface area contributed by atoms with Crippen LogP contribution >= 0.6 is 7.94 Å². The molecule has 0 amide bonds. The van der Waals surface area contributed by atoms with Crippen molar-refractivity contribution < 1.29 is 93.9 Å². The summed E-state index contributed by atoms with van der Waals surface area (Å²) in [6, 6.07) is 0. The molecule has 4 atom stereocenters. The van der Waals surface area contributed by atoms with E-state index in [1.54, 1.807) is 0 Å². The summed E-state index contributed by atoms with van der Waals surface area (Å²) in [4.78, 5) is 31.3. The third kappa shape index (κ3) is 4.73. The molecule has 0 bridgehead atoms. The van der Waals surface area contributed by atoms with Crippen LogP contribution in [0.1, 0.15) is 0 Å². The van der Waals surface area contributed by atoms with Crippen molar-refractivity contribution in [2.75, 3.05) is 6.61 Å². The van der Waals surface area contributed by atoms with Gasteiger partial charge < -0.3 is 34.7 Å². The second-order valence-corrected chi connectivity index (χ2v) is 4.36. The fourth-order valence-electron chi connectivity index (χ4n) is 1.14. The second kappa shape index (κ2) is 7.56. The van der Waals surface area contributed by atoms with E-state index in [0.29, 0.717) is 0 Å². The van der Waals surface area contributed by atoms with Crippen LogP contribution in [0.15, 0.2) is 0 Å². The standard InChI is InChI=1S/C5H11O7P.2Na/c6-1-2-3(7)4(8)5(12-2)13(9,10)11;;/h2-8H,1H2,(H2,9,10,11);;/q;2*+1/p-2/t2-,3-,4-,5?;;/m1../s1. The fourth-order valence-corrected chi connectivity index (χ4v) is 2.00. The van der Waals surface area contributed by atoms with Crippen molar-refractivity contribution in [1.29, 1.82) is 0 Å². The summed E-state index contributed by atoms with van der Waals surface area (Å²) in [5.41, 5.74) is 0. The van der Waals surface area contributed by atoms with Gasteiger partial charge in [-0.25, -0.2) is 0 Å². The Morgan fingerprint density at radius 1 is 1.07 bits per heavy atom. The topological polar surface area (TPSA) is 139 Å². The molecule has 0 aromatic heterocycles. The molecule has 1 aliphatic heterocycles. The van der Waals surface area contributed by atoms with E-state index in [-0.39, 0.29) is 59.1 Å². The first-order chi connectivity index (χ1) is 5.88. The van der Waals surface area contributed by atoms with Gasteiger partial charge in [0.15, 0.2) is 5.85 Å². The third-order valence-corrected chi connectivity index (χ3v) is 2.88. The summed E-state index contributed by atoms with van der Waals surface area (Å²) in [7, 11) is -5.10. The molecule has 15 heavy (non-hydrogen) atoms. The molecule has 10 heteroatoms. The van der Waals surface area contributed by atoms with Crippen molar-refractivity contribution in [3.63, 3.8) is 0 Å². The number of hydrogen-bond donors (Lipinski definition) is 3. The molecule has 3 N–H and O–H groups in total. The molecule has 0 spiro atoms. The van der Waals surface area contributed by atoms with Gasteiger partial charge in [0, 0.05) is 0 Å². The van der Waals surface area contributed by atoms with Gasteiger partial charge in [0.05, 0.1) is 6.61 Å². The first-order valence-corrected chi connectivity index (χ1v) is 5.13. The van der Waals surface area contributed by atoms with Crippen LogP contribution in [0.25, 0.3) is 0 Å². The van der Waals surface area contributed by atoms with E-state index in [9.17, 15) is 14.7 Å². The van der Waals surface area contributed by atoms with Gasteiger partial charge in [-0.2, -0.15) is 0 Å². The van der Waals surface area contributed by atoms with Gasteiger partial charge in [-0.1, -0.05) is 0 Å². The number of aliphatic hydroxyl groups is 3. The van der Waals surface area contributed by atoms with Crippen LogP contribution in [0.4, 0.5) is 0 Å². The molecule has 1 unspecified atom stereocenters. The quantitative estimate of drug-likeness (QED) is 0.330. The Balaban J connectivity index is 0. The maximum Gasteiger partial charge on any atom is 1.00 e. The van der Waals surface area contributed by atoms with Crippen LogP contribution < -0.4 is 73.8 Å². The summed E-state index contributed by atoms with van der Waals surface area (Å²) < 4.78 is 4.46. The SMILES string of the molecule is [Na+].[Na+].[O-][P+]([O-])([O-])C1O[C@H](CO)[C@@H](O)[C@H]1O. The minimum atomic E-state index is -5.10. The second-order valence-electron chi connectivity index (χ2n) is 2.77. The minimum absolute atomic E-state index is 0. The van der Waals surface area contributed by atoms with Crippen molar-refractivity contribution in [3.05, 3.63) is 0 Å². The van der Waals surface area contributed by atoms with E-state index < -0.39 is 38.7 Å². The number of aliphatic hydroxyl groups excluding tert-OH is 3. The zero-order chi connectivity index (χ0) is 10.2. The zero-order valence-corrected chi connectivity index (χ0v) is 13.3. The monoisotopic (exact) mass is 258 g/mol. The molecular formula is C5H9Na2O7P. The first-order valence-electron chi connectivity index (χ1n) is 3.52. The van der Waals surface area contributed by atoms with Crippen molar-refractivity contribution in [2.45, 2.75) is 24.2 Å². The van der Waals surface area contributed by atoms with Gasteiger partial charge in [0.1, 0.15) is 18.3 Å². The predicted molar refractivity (Wildman–Crippen MR) is 34.7 cm³/mol. The zero-order valence-electron chi connectivity index (χ0n) is 8.44. The van der Waals surface area contributed by atoms with Crippen LogP contribution in [-0.2, 0) is 4.74 Å². The Kier molecular flexibility index (Phi) is 9.82. The minimum Gasteiger partial charge on any atom is -0.686 e. The van der Waals surface area contributed by atoms with Gasteiger partial charge in [-0.3, -0.25) is 0 Å². The number of hydrogen-bond acceptors (Lipinski definition) is 7. The summed E-state index contributed by atoms with van der Waals surface area (Å²) in [5.74, 6) is -1.97. The Labute approximate surface area is 131 Å². The molecule has 1 fully saturated rings. The molecule has 78 valence electrons. The Morgan fingerprint density at radius 2 is 1.53 bits per heavy atom. The smallest absolute Gasteiger partial charge is 0.686 e. The van der Waals surface area contributed by atoms with E-state index >= 15 is 0 Å². The van der Waals surface area contributed by atoms with Gasteiger partial charge in [-0.05, 0) is 0 Å². The van der Waals surface area contributed by atoms with E-state index in [1.165, 1.54) is 0 Å². The third-order valence-electron chi connectivity index (χ3n) is 1.83. The average molecular weight is 258 g/mol. The van der Waals surface area contributed by atoms with Crippen molar-refractivity contribution in [1.82, 2.24) is 0 Å². The van der Waals surface area contributed by atoms with E-state index in [4.69, 9.17) is 15.3 Å². The number of rotatable bonds is 2. The molecule has 0 aliphatic carbocycles. The van der Waals surface area contributed by atoms with E-state index in [2.05, 4.69) is 4.74 Å². The Morgan fingerprint density at radius 3 is 1.73 bits per heavy atom. The maximum atomic E-state index is 10.4. The molecular weight excluding hydrogens is 249 g/mol. The first kappa shape index (κ1) is 19.5. The molecule has 0 aromatic rings.